The van der Waals surface area contributed by atoms with Gasteiger partial charge in [0.1, 0.15) is 0 Å². The Balaban J connectivity index is 3.53. The van der Waals surface area contributed by atoms with Crippen molar-refractivity contribution in [3.05, 3.63) is 0 Å². The molecule has 0 aromatic carbocycles. The lowest BCUT2D eigenvalue weighted by Crippen LogP contribution is -2.45. The minimum Gasteiger partial charge on any atom is -0.355 e. The highest BCUT2D eigenvalue weighted by atomic mass is 16.2. The molecule has 6 heteroatoms. The predicted octanol–water partition coefficient (Wildman–Crippen LogP) is 1.04. The van der Waals surface area contributed by atoms with Gasteiger partial charge in [-0.1, -0.05) is 45.4 Å². The van der Waals surface area contributed by atoms with Gasteiger partial charge in [0.25, 0.3) is 0 Å². The van der Waals surface area contributed by atoms with Gasteiger partial charge in [-0.05, 0) is 25.8 Å². The van der Waals surface area contributed by atoms with Crippen LogP contribution in [-0.4, -0.2) is 37.5 Å². The SMILES string of the molecule is CCCCCCCCNC(=O)CNC(=O)[C@@H](N)CCCCN. The molecule has 0 saturated heterocycles. The van der Waals surface area contributed by atoms with E-state index in [2.05, 4.69) is 17.6 Å². The van der Waals surface area contributed by atoms with Crippen molar-refractivity contribution in [1.29, 1.82) is 0 Å². The van der Waals surface area contributed by atoms with E-state index >= 15 is 0 Å². The van der Waals surface area contributed by atoms with E-state index in [1.807, 2.05) is 0 Å². The molecular weight excluding hydrogens is 280 g/mol. The van der Waals surface area contributed by atoms with Crippen molar-refractivity contribution in [3.63, 3.8) is 0 Å². The first kappa shape index (κ1) is 20.9. The smallest absolute Gasteiger partial charge is 0.239 e. The largest absolute Gasteiger partial charge is 0.355 e. The van der Waals surface area contributed by atoms with E-state index in [1.54, 1.807) is 0 Å². The molecule has 2 amide bonds. The van der Waals surface area contributed by atoms with Crippen molar-refractivity contribution >= 4 is 11.8 Å². The summed E-state index contributed by atoms with van der Waals surface area (Å²) in [4.78, 5) is 23.3. The summed E-state index contributed by atoms with van der Waals surface area (Å²) in [6.07, 6.45) is 9.42. The van der Waals surface area contributed by atoms with Crippen LogP contribution in [0.15, 0.2) is 0 Å². The van der Waals surface area contributed by atoms with Crippen molar-refractivity contribution in [1.82, 2.24) is 10.6 Å². The van der Waals surface area contributed by atoms with Crippen LogP contribution in [0.5, 0.6) is 0 Å². The minimum atomic E-state index is -0.557. The van der Waals surface area contributed by atoms with Crippen LogP contribution in [0, 0.1) is 0 Å². The molecule has 6 nitrogen and oxygen atoms in total. The third kappa shape index (κ3) is 12.6. The number of nitrogens with two attached hydrogens (primary N) is 2. The Morgan fingerprint density at radius 2 is 1.64 bits per heavy atom. The molecule has 0 rings (SSSR count). The molecule has 0 aliphatic carbocycles. The molecule has 0 aliphatic heterocycles. The van der Waals surface area contributed by atoms with Gasteiger partial charge >= 0.3 is 0 Å². The molecule has 22 heavy (non-hydrogen) atoms. The van der Waals surface area contributed by atoms with Crippen LogP contribution in [0.2, 0.25) is 0 Å². The summed E-state index contributed by atoms with van der Waals surface area (Å²) >= 11 is 0. The van der Waals surface area contributed by atoms with Crippen molar-refractivity contribution in [2.45, 2.75) is 70.8 Å². The third-order valence-electron chi connectivity index (χ3n) is 3.58. The van der Waals surface area contributed by atoms with Gasteiger partial charge in [0.05, 0.1) is 12.6 Å². The molecule has 0 aromatic heterocycles. The number of carbonyl (C=O) groups is 2. The standard InChI is InChI=1S/C16H34N4O2/c1-2-3-4-5-6-9-12-19-15(21)13-20-16(22)14(18)10-7-8-11-17/h14H,2-13,17-18H2,1H3,(H,19,21)(H,20,22)/t14-/m0/s1. The molecule has 0 aliphatic rings. The number of amides is 2. The van der Waals surface area contributed by atoms with E-state index in [4.69, 9.17) is 11.5 Å². The summed E-state index contributed by atoms with van der Waals surface area (Å²) in [6, 6.07) is -0.557. The van der Waals surface area contributed by atoms with E-state index in [0.29, 0.717) is 19.5 Å². The number of hydrogen-bond acceptors (Lipinski definition) is 4. The van der Waals surface area contributed by atoms with Crippen LogP contribution in [0.25, 0.3) is 0 Å². The van der Waals surface area contributed by atoms with Gasteiger partial charge in [0.2, 0.25) is 11.8 Å². The van der Waals surface area contributed by atoms with Crippen molar-refractivity contribution in [3.8, 4) is 0 Å². The number of rotatable bonds is 14. The lowest BCUT2D eigenvalue weighted by molar-refractivity contribution is -0.126. The summed E-state index contributed by atoms with van der Waals surface area (Å²) < 4.78 is 0. The fourth-order valence-corrected chi connectivity index (χ4v) is 2.13. The number of unbranched alkanes of at least 4 members (excludes halogenated alkanes) is 6. The van der Waals surface area contributed by atoms with Crippen LogP contribution >= 0.6 is 0 Å². The zero-order valence-electron chi connectivity index (χ0n) is 14.0. The van der Waals surface area contributed by atoms with E-state index in [-0.39, 0.29) is 18.4 Å². The highest BCUT2D eigenvalue weighted by Gasteiger charge is 2.13. The first-order valence-corrected chi connectivity index (χ1v) is 8.61. The minimum absolute atomic E-state index is 0.000737. The van der Waals surface area contributed by atoms with Gasteiger partial charge in [-0.2, -0.15) is 0 Å². The Hall–Kier alpha value is -1.14. The Morgan fingerprint density at radius 3 is 2.32 bits per heavy atom. The van der Waals surface area contributed by atoms with E-state index < -0.39 is 6.04 Å². The second kappa shape index (κ2) is 14.8. The van der Waals surface area contributed by atoms with Crippen LogP contribution in [-0.2, 0) is 9.59 Å². The molecule has 1 atom stereocenters. The summed E-state index contributed by atoms with van der Waals surface area (Å²) in [6.45, 7) is 3.47. The quantitative estimate of drug-likeness (QED) is 0.359. The van der Waals surface area contributed by atoms with Gasteiger partial charge in [0.15, 0.2) is 0 Å². The lowest BCUT2D eigenvalue weighted by atomic mass is 10.1. The Kier molecular flexibility index (Phi) is 14.0. The molecule has 0 spiro atoms. The fraction of sp³-hybridized carbons (Fsp3) is 0.875. The van der Waals surface area contributed by atoms with E-state index in [9.17, 15) is 9.59 Å². The summed E-state index contributed by atoms with van der Waals surface area (Å²) in [5.74, 6) is -0.428. The van der Waals surface area contributed by atoms with E-state index in [1.165, 1.54) is 25.7 Å². The molecule has 0 aromatic rings. The number of nitrogens with one attached hydrogen (secondary N) is 2. The Morgan fingerprint density at radius 1 is 0.955 bits per heavy atom. The summed E-state index contributed by atoms with van der Waals surface area (Å²) in [7, 11) is 0. The zero-order valence-corrected chi connectivity index (χ0v) is 14.0. The summed E-state index contributed by atoms with van der Waals surface area (Å²) in [5, 5.41) is 5.38. The highest BCUT2D eigenvalue weighted by molar-refractivity contribution is 5.87. The molecule has 130 valence electrons. The molecule has 0 saturated carbocycles. The zero-order chi connectivity index (χ0) is 16.6. The van der Waals surface area contributed by atoms with Gasteiger partial charge < -0.3 is 22.1 Å². The van der Waals surface area contributed by atoms with Crippen LogP contribution in [0.3, 0.4) is 0 Å². The predicted molar refractivity (Wildman–Crippen MR) is 90.3 cm³/mol. The maximum atomic E-state index is 11.7. The first-order chi connectivity index (χ1) is 10.6. The van der Waals surface area contributed by atoms with Gasteiger partial charge in [-0.3, -0.25) is 9.59 Å². The second-order valence-electron chi connectivity index (χ2n) is 5.73. The van der Waals surface area contributed by atoms with Crippen molar-refractivity contribution in [2.75, 3.05) is 19.6 Å². The van der Waals surface area contributed by atoms with E-state index in [0.717, 1.165) is 25.7 Å². The highest BCUT2D eigenvalue weighted by Crippen LogP contribution is 2.03. The molecule has 0 heterocycles. The molecule has 0 bridgehead atoms. The first-order valence-electron chi connectivity index (χ1n) is 8.61. The molecule has 0 radical (unpaired) electrons. The Labute approximate surface area is 134 Å². The monoisotopic (exact) mass is 314 g/mol. The normalized spacial score (nSPS) is 12.0. The average molecular weight is 314 g/mol. The topological polar surface area (TPSA) is 110 Å². The van der Waals surface area contributed by atoms with Gasteiger partial charge in [-0.25, -0.2) is 0 Å². The van der Waals surface area contributed by atoms with Crippen molar-refractivity contribution < 1.29 is 9.59 Å². The average Bonchev–Trinajstić information content (AvgIpc) is 2.51. The lowest BCUT2D eigenvalue weighted by Gasteiger charge is -2.12. The molecule has 0 unspecified atom stereocenters. The van der Waals surface area contributed by atoms with Crippen LogP contribution < -0.4 is 22.1 Å². The third-order valence-corrected chi connectivity index (χ3v) is 3.58. The number of carbonyl (C=O) groups excluding carboxylic acids is 2. The fourth-order valence-electron chi connectivity index (χ4n) is 2.13. The van der Waals surface area contributed by atoms with Crippen LogP contribution in [0.1, 0.15) is 64.7 Å². The molecule has 0 fully saturated rings. The summed E-state index contributed by atoms with van der Waals surface area (Å²) in [5.41, 5.74) is 11.1. The number of hydrogen-bond donors (Lipinski definition) is 4. The van der Waals surface area contributed by atoms with Crippen LogP contribution in [0.4, 0.5) is 0 Å². The second-order valence-corrected chi connectivity index (χ2v) is 5.73. The Bertz CT molecular complexity index is 298. The molecule has 6 N–H and O–H groups in total. The maximum Gasteiger partial charge on any atom is 0.239 e. The maximum absolute atomic E-state index is 11.7. The molecular formula is C16H34N4O2. The van der Waals surface area contributed by atoms with Gasteiger partial charge in [-0.15, -0.1) is 0 Å². The van der Waals surface area contributed by atoms with Crippen molar-refractivity contribution in [2.24, 2.45) is 11.5 Å². The van der Waals surface area contributed by atoms with Gasteiger partial charge in [0, 0.05) is 6.54 Å².